The minimum atomic E-state index is 0.0505. The summed E-state index contributed by atoms with van der Waals surface area (Å²) in [5, 5.41) is 19.9. The molecule has 0 aliphatic rings. The fourth-order valence-corrected chi connectivity index (χ4v) is 3.10. The third kappa shape index (κ3) is 5.79. The predicted octanol–water partition coefficient (Wildman–Crippen LogP) is 4.47. The highest BCUT2D eigenvalue weighted by molar-refractivity contribution is 5.42. The molecule has 0 aromatic heterocycles. The van der Waals surface area contributed by atoms with Gasteiger partial charge in [0.15, 0.2) is 23.0 Å². The highest BCUT2D eigenvalue weighted by Gasteiger charge is 2.17. The summed E-state index contributed by atoms with van der Waals surface area (Å²) in [6.07, 6.45) is 3.29. The number of methoxy groups -OCH3 is 2. The summed E-state index contributed by atoms with van der Waals surface area (Å²) >= 11 is 0. The van der Waals surface area contributed by atoms with Gasteiger partial charge in [-0.1, -0.05) is 26.0 Å². The fourth-order valence-electron chi connectivity index (χ4n) is 3.10. The maximum atomic E-state index is 9.97. The van der Waals surface area contributed by atoms with Crippen LogP contribution >= 0.6 is 0 Å². The quantitative estimate of drug-likeness (QED) is 0.642. The van der Waals surface area contributed by atoms with Crippen molar-refractivity contribution in [3.05, 3.63) is 47.5 Å². The van der Waals surface area contributed by atoms with E-state index in [-0.39, 0.29) is 23.7 Å². The van der Waals surface area contributed by atoms with Crippen LogP contribution < -0.4 is 9.47 Å². The van der Waals surface area contributed by atoms with Crippen molar-refractivity contribution < 1.29 is 24.4 Å². The average molecular weight is 374 g/mol. The molecule has 2 aromatic rings. The van der Waals surface area contributed by atoms with Gasteiger partial charge in [0.2, 0.25) is 0 Å². The zero-order valence-electron chi connectivity index (χ0n) is 16.6. The molecule has 0 fully saturated rings. The van der Waals surface area contributed by atoms with E-state index >= 15 is 0 Å². The van der Waals surface area contributed by atoms with Gasteiger partial charge < -0.3 is 24.4 Å². The van der Waals surface area contributed by atoms with Crippen LogP contribution in [0.25, 0.3) is 0 Å². The summed E-state index contributed by atoms with van der Waals surface area (Å²) in [5.41, 5.74) is 2.02. The summed E-state index contributed by atoms with van der Waals surface area (Å²) in [5.74, 6) is 1.23. The monoisotopic (exact) mass is 374 g/mol. The van der Waals surface area contributed by atoms with Crippen molar-refractivity contribution in [2.45, 2.75) is 51.7 Å². The fraction of sp³-hybridized carbons (Fsp3) is 0.455. The molecule has 5 heteroatoms. The van der Waals surface area contributed by atoms with Crippen LogP contribution in [0.2, 0.25) is 0 Å². The molecule has 0 saturated carbocycles. The SMILES string of the molecule is CCC(Cc1ccc(OC)c(O)c1)OC(CC)Cc1ccc(OC)c(O)c1. The third-order valence-electron chi connectivity index (χ3n) is 4.71. The Morgan fingerprint density at radius 3 is 1.44 bits per heavy atom. The number of benzene rings is 2. The van der Waals surface area contributed by atoms with Gasteiger partial charge in [0, 0.05) is 0 Å². The van der Waals surface area contributed by atoms with Gasteiger partial charge in [0.05, 0.1) is 26.4 Å². The molecular weight excluding hydrogens is 344 g/mol. The number of hydrogen-bond donors (Lipinski definition) is 2. The number of ether oxygens (including phenoxy) is 3. The van der Waals surface area contributed by atoms with E-state index in [1.54, 1.807) is 24.3 Å². The van der Waals surface area contributed by atoms with Crippen LogP contribution in [0.4, 0.5) is 0 Å². The molecule has 2 rings (SSSR count). The highest BCUT2D eigenvalue weighted by Crippen LogP contribution is 2.29. The van der Waals surface area contributed by atoms with E-state index in [1.165, 1.54) is 14.2 Å². The Morgan fingerprint density at radius 1 is 0.741 bits per heavy atom. The van der Waals surface area contributed by atoms with Crippen LogP contribution in [-0.2, 0) is 17.6 Å². The summed E-state index contributed by atoms with van der Waals surface area (Å²) in [4.78, 5) is 0. The van der Waals surface area contributed by atoms with Crippen LogP contribution in [0.3, 0.4) is 0 Å². The van der Waals surface area contributed by atoms with Crippen molar-refractivity contribution in [3.8, 4) is 23.0 Å². The molecule has 0 radical (unpaired) electrons. The van der Waals surface area contributed by atoms with E-state index in [2.05, 4.69) is 13.8 Å². The zero-order valence-corrected chi connectivity index (χ0v) is 16.6. The van der Waals surface area contributed by atoms with Gasteiger partial charge in [-0.2, -0.15) is 0 Å². The lowest BCUT2D eigenvalue weighted by Crippen LogP contribution is -2.25. The number of hydrogen-bond acceptors (Lipinski definition) is 5. The van der Waals surface area contributed by atoms with Crippen molar-refractivity contribution in [2.24, 2.45) is 0 Å². The second-order valence-electron chi connectivity index (χ2n) is 6.62. The number of phenols is 2. The van der Waals surface area contributed by atoms with Gasteiger partial charge in [-0.05, 0) is 61.1 Å². The Balaban J connectivity index is 2.02. The lowest BCUT2D eigenvalue weighted by Gasteiger charge is -2.24. The Labute approximate surface area is 161 Å². The molecule has 148 valence electrons. The third-order valence-corrected chi connectivity index (χ3v) is 4.71. The van der Waals surface area contributed by atoms with Crippen LogP contribution in [0, 0.1) is 0 Å². The Kier molecular flexibility index (Phi) is 7.80. The Bertz CT molecular complexity index is 667. The Morgan fingerprint density at radius 2 is 1.15 bits per heavy atom. The zero-order chi connectivity index (χ0) is 19.8. The van der Waals surface area contributed by atoms with Gasteiger partial charge in [-0.25, -0.2) is 0 Å². The van der Waals surface area contributed by atoms with Gasteiger partial charge in [0.25, 0.3) is 0 Å². The van der Waals surface area contributed by atoms with Crippen molar-refractivity contribution in [1.29, 1.82) is 0 Å². The summed E-state index contributed by atoms with van der Waals surface area (Å²) < 4.78 is 16.5. The van der Waals surface area contributed by atoms with Crippen molar-refractivity contribution in [1.82, 2.24) is 0 Å². The van der Waals surface area contributed by atoms with Crippen LogP contribution in [0.5, 0.6) is 23.0 Å². The molecule has 2 N–H and O–H groups in total. The molecule has 27 heavy (non-hydrogen) atoms. The van der Waals surface area contributed by atoms with E-state index in [0.717, 1.165) is 36.8 Å². The van der Waals surface area contributed by atoms with E-state index in [9.17, 15) is 10.2 Å². The van der Waals surface area contributed by atoms with Crippen LogP contribution in [0.1, 0.15) is 37.8 Å². The summed E-state index contributed by atoms with van der Waals surface area (Å²) in [6, 6.07) is 10.9. The maximum Gasteiger partial charge on any atom is 0.160 e. The average Bonchev–Trinajstić information content (AvgIpc) is 2.67. The number of aromatic hydroxyl groups is 2. The van der Waals surface area contributed by atoms with E-state index in [0.29, 0.717) is 11.5 Å². The first kappa shape index (κ1) is 20.9. The van der Waals surface area contributed by atoms with Crippen molar-refractivity contribution in [2.75, 3.05) is 14.2 Å². The second-order valence-corrected chi connectivity index (χ2v) is 6.62. The number of phenolic OH excluding ortho intramolecular Hbond substituents is 2. The molecule has 2 aromatic carbocycles. The molecule has 0 aliphatic heterocycles. The van der Waals surface area contributed by atoms with Gasteiger partial charge in [0.1, 0.15) is 0 Å². The van der Waals surface area contributed by atoms with Gasteiger partial charge in [-0.15, -0.1) is 0 Å². The molecule has 0 aliphatic carbocycles. The molecule has 2 unspecified atom stereocenters. The largest absolute Gasteiger partial charge is 0.504 e. The first-order valence-electron chi connectivity index (χ1n) is 9.37. The number of rotatable bonds is 10. The van der Waals surface area contributed by atoms with Gasteiger partial charge in [-0.3, -0.25) is 0 Å². The predicted molar refractivity (Wildman–Crippen MR) is 106 cm³/mol. The van der Waals surface area contributed by atoms with E-state index < -0.39 is 0 Å². The minimum absolute atomic E-state index is 0.0505. The molecule has 0 heterocycles. The molecule has 0 amide bonds. The lowest BCUT2D eigenvalue weighted by molar-refractivity contribution is -0.0147. The maximum absolute atomic E-state index is 9.97. The molecule has 0 bridgehead atoms. The van der Waals surface area contributed by atoms with Crippen molar-refractivity contribution in [3.63, 3.8) is 0 Å². The normalized spacial score (nSPS) is 13.2. The molecular formula is C22H30O5. The van der Waals surface area contributed by atoms with Crippen molar-refractivity contribution >= 4 is 0 Å². The van der Waals surface area contributed by atoms with E-state index in [1.807, 2.05) is 12.1 Å². The smallest absolute Gasteiger partial charge is 0.160 e. The van der Waals surface area contributed by atoms with Crippen LogP contribution in [0.15, 0.2) is 36.4 Å². The minimum Gasteiger partial charge on any atom is -0.504 e. The molecule has 2 atom stereocenters. The topological polar surface area (TPSA) is 68.2 Å². The molecule has 0 spiro atoms. The van der Waals surface area contributed by atoms with Gasteiger partial charge >= 0.3 is 0 Å². The summed E-state index contributed by atoms with van der Waals surface area (Å²) in [6.45, 7) is 4.19. The molecule has 0 saturated heterocycles. The second kappa shape index (κ2) is 10.1. The standard InChI is InChI=1S/C22H30O5/c1-5-17(11-15-7-9-21(25-3)19(23)13-15)27-18(6-2)12-16-8-10-22(26-4)20(24)14-16/h7-10,13-14,17-18,23-24H,5-6,11-12H2,1-4H3. The Hall–Kier alpha value is -2.40. The van der Waals surface area contributed by atoms with E-state index in [4.69, 9.17) is 14.2 Å². The summed E-state index contributed by atoms with van der Waals surface area (Å²) in [7, 11) is 3.07. The lowest BCUT2D eigenvalue weighted by atomic mass is 10.0. The first-order chi connectivity index (χ1) is 13.0. The highest BCUT2D eigenvalue weighted by atomic mass is 16.5. The van der Waals surface area contributed by atoms with Crippen LogP contribution in [-0.4, -0.2) is 36.6 Å². The first-order valence-corrected chi connectivity index (χ1v) is 9.37. The molecule has 5 nitrogen and oxygen atoms in total.